The summed E-state index contributed by atoms with van der Waals surface area (Å²) in [5.74, 6) is 0. The van der Waals surface area contributed by atoms with E-state index < -0.39 is 31.0 Å². The smallest absolute Gasteiger partial charge is 0.176 e. The van der Waals surface area contributed by atoms with E-state index in [-0.39, 0.29) is 5.49 Å². The topological polar surface area (TPSA) is 140 Å². The fourth-order valence-corrected chi connectivity index (χ4v) is 2.47. The maximum absolute atomic E-state index is 10.0. The molecule has 9 nitrogen and oxygen atoms in total. The molecule has 0 amide bonds. The maximum Gasteiger partial charge on any atom is 0.176 e. The van der Waals surface area contributed by atoms with E-state index in [4.69, 9.17) is 15.3 Å². The molecule has 0 spiro atoms. The van der Waals surface area contributed by atoms with Crippen LogP contribution in [-0.4, -0.2) is 60.0 Å². The molecule has 3 rings (SSSR count). The van der Waals surface area contributed by atoms with Crippen LogP contribution in [0, 0.1) is 5.41 Å². The first kappa shape index (κ1) is 13.2. The Bertz CT molecular complexity index is 696. The van der Waals surface area contributed by atoms with Crippen molar-refractivity contribution in [2.45, 2.75) is 24.4 Å². The number of hydrogen-bond donors (Lipinski definition) is 5. The van der Waals surface area contributed by atoms with Gasteiger partial charge in [-0.15, -0.1) is 0 Å². The molecule has 0 unspecified atom stereocenters. The minimum atomic E-state index is -1.18. The van der Waals surface area contributed by atoms with Gasteiger partial charge in [-0.25, -0.2) is 4.98 Å². The molecule has 1 saturated heterocycles. The molecule has 0 bridgehead atoms. The maximum atomic E-state index is 10.0. The van der Waals surface area contributed by atoms with Gasteiger partial charge in [-0.3, -0.25) is 10.5 Å². The zero-order valence-corrected chi connectivity index (χ0v) is 10.7. The summed E-state index contributed by atoms with van der Waals surface area (Å²) in [4.78, 5) is 3.87. The summed E-state index contributed by atoms with van der Waals surface area (Å²) < 4.78 is 7.12. The number of nitrogens with one attached hydrogen (secondary N) is 2. The number of hydrogen-bond acceptors (Lipinski definition) is 7. The van der Waals surface area contributed by atoms with Crippen molar-refractivity contribution in [1.82, 2.24) is 19.7 Å². The highest BCUT2D eigenvalue weighted by molar-refractivity contribution is 5.76. The zero-order valence-electron chi connectivity index (χ0n) is 10.7. The summed E-state index contributed by atoms with van der Waals surface area (Å²) >= 11 is 0. The van der Waals surface area contributed by atoms with Gasteiger partial charge in [-0.2, -0.15) is 5.10 Å². The highest BCUT2D eigenvalue weighted by atomic mass is 16.6. The summed E-state index contributed by atoms with van der Waals surface area (Å²) in [5.41, 5.74) is 1.37. The standard InChI is InChI=1S/C11H15N5O4/c1-16-3-13-11(12)6-7(16)5(14-15-6)10-9(19)8(18)4(2-17)20-10/h3-4,8-10,12,17-19H,2H2,1H3,(H,14,15)/t4-,8-,9-,10+/m0/s1. The lowest BCUT2D eigenvalue weighted by molar-refractivity contribution is -0.0236. The number of ether oxygens (including phenoxy) is 1. The Hall–Kier alpha value is -1.81. The predicted molar refractivity (Wildman–Crippen MR) is 65.4 cm³/mol. The minimum Gasteiger partial charge on any atom is -0.394 e. The summed E-state index contributed by atoms with van der Waals surface area (Å²) in [6.07, 6.45) is -2.59. The van der Waals surface area contributed by atoms with Crippen LogP contribution in [-0.2, 0) is 11.8 Å². The first-order chi connectivity index (χ1) is 9.54. The number of rotatable bonds is 2. The summed E-state index contributed by atoms with van der Waals surface area (Å²) in [5, 5.41) is 43.4. The van der Waals surface area contributed by atoms with Crippen LogP contribution in [0.4, 0.5) is 0 Å². The Morgan fingerprint density at radius 3 is 2.85 bits per heavy atom. The van der Waals surface area contributed by atoms with E-state index in [1.54, 1.807) is 11.6 Å². The molecule has 4 atom stereocenters. The Morgan fingerprint density at radius 2 is 2.20 bits per heavy atom. The number of aromatic nitrogens is 4. The average molecular weight is 281 g/mol. The second kappa shape index (κ2) is 4.63. The molecule has 20 heavy (non-hydrogen) atoms. The van der Waals surface area contributed by atoms with E-state index in [1.165, 1.54) is 6.33 Å². The first-order valence-corrected chi connectivity index (χ1v) is 6.11. The quantitative estimate of drug-likeness (QED) is 0.428. The number of aromatic amines is 1. The molecule has 3 heterocycles. The molecule has 1 fully saturated rings. The van der Waals surface area contributed by atoms with Crippen LogP contribution >= 0.6 is 0 Å². The van der Waals surface area contributed by atoms with E-state index in [0.29, 0.717) is 16.7 Å². The molecule has 5 N–H and O–H groups in total. The van der Waals surface area contributed by atoms with Crippen LogP contribution in [0.15, 0.2) is 6.33 Å². The second-order valence-electron chi connectivity index (χ2n) is 4.80. The Balaban J connectivity index is 2.12. The third-order valence-corrected chi connectivity index (χ3v) is 3.53. The van der Waals surface area contributed by atoms with E-state index in [0.717, 1.165) is 0 Å². The number of aliphatic hydroxyl groups is 3. The lowest BCUT2D eigenvalue weighted by Gasteiger charge is -2.14. The van der Waals surface area contributed by atoms with Crippen molar-refractivity contribution < 1.29 is 20.1 Å². The molecule has 0 aliphatic carbocycles. The number of aryl methyl sites for hydroxylation is 1. The van der Waals surface area contributed by atoms with Gasteiger partial charge in [-0.1, -0.05) is 0 Å². The van der Waals surface area contributed by atoms with Gasteiger partial charge < -0.3 is 24.6 Å². The van der Waals surface area contributed by atoms with Crippen molar-refractivity contribution >= 4 is 11.0 Å². The van der Waals surface area contributed by atoms with Gasteiger partial charge in [0, 0.05) is 7.05 Å². The van der Waals surface area contributed by atoms with Crippen LogP contribution in [0.25, 0.3) is 11.0 Å². The van der Waals surface area contributed by atoms with Crippen molar-refractivity contribution in [3.8, 4) is 0 Å². The van der Waals surface area contributed by atoms with E-state index in [2.05, 4.69) is 15.2 Å². The Labute approximate surface area is 113 Å². The number of H-pyrrole nitrogens is 1. The molecule has 1 aliphatic rings. The minimum absolute atomic E-state index is 0.00680. The lowest BCUT2D eigenvalue weighted by Crippen LogP contribution is -2.32. The van der Waals surface area contributed by atoms with Crippen molar-refractivity contribution in [3.05, 3.63) is 17.5 Å². The van der Waals surface area contributed by atoms with Crippen molar-refractivity contribution in [2.24, 2.45) is 7.05 Å². The lowest BCUT2D eigenvalue weighted by atomic mass is 10.1. The molecule has 108 valence electrons. The Morgan fingerprint density at radius 1 is 1.45 bits per heavy atom. The van der Waals surface area contributed by atoms with Gasteiger partial charge in [-0.05, 0) is 0 Å². The zero-order chi connectivity index (χ0) is 14.4. The fourth-order valence-electron chi connectivity index (χ4n) is 2.47. The molecule has 2 aromatic rings. The monoisotopic (exact) mass is 281 g/mol. The fraction of sp³-hybridized carbons (Fsp3) is 0.545. The van der Waals surface area contributed by atoms with Gasteiger partial charge in [0.1, 0.15) is 24.4 Å². The molecule has 0 saturated carbocycles. The van der Waals surface area contributed by atoms with Crippen LogP contribution in [0.3, 0.4) is 0 Å². The molecular formula is C11H15N5O4. The normalized spacial score (nSPS) is 30.2. The van der Waals surface area contributed by atoms with Crippen LogP contribution < -0.4 is 5.49 Å². The van der Waals surface area contributed by atoms with Crippen LogP contribution in [0.1, 0.15) is 11.8 Å². The molecule has 9 heteroatoms. The van der Waals surface area contributed by atoms with Crippen molar-refractivity contribution in [3.63, 3.8) is 0 Å². The van der Waals surface area contributed by atoms with Gasteiger partial charge >= 0.3 is 0 Å². The first-order valence-electron chi connectivity index (χ1n) is 6.11. The van der Waals surface area contributed by atoms with E-state index in [9.17, 15) is 10.2 Å². The molecule has 0 aromatic carbocycles. The van der Waals surface area contributed by atoms with E-state index in [1.807, 2.05) is 0 Å². The predicted octanol–water partition coefficient (Wildman–Crippen LogP) is -2.07. The number of nitrogens with zero attached hydrogens (tertiary/aromatic N) is 3. The third-order valence-electron chi connectivity index (χ3n) is 3.53. The Kier molecular flexibility index (Phi) is 3.05. The largest absolute Gasteiger partial charge is 0.394 e. The van der Waals surface area contributed by atoms with Gasteiger partial charge in [0.2, 0.25) is 0 Å². The molecular weight excluding hydrogens is 266 g/mol. The number of aliphatic hydroxyl groups excluding tert-OH is 3. The second-order valence-corrected chi connectivity index (χ2v) is 4.80. The van der Waals surface area contributed by atoms with E-state index >= 15 is 0 Å². The van der Waals surface area contributed by atoms with Crippen LogP contribution in [0.5, 0.6) is 0 Å². The van der Waals surface area contributed by atoms with Crippen molar-refractivity contribution in [1.29, 1.82) is 5.41 Å². The SMILES string of the molecule is Cn1cnc(=N)c2n[nH]c([C@H]3O[C@@H](CO)[C@H](O)[C@@H]3O)c21. The third kappa shape index (κ3) is 1.75. The molecule has 0 radical (unpaired) electrons. The average Bonchev–Trinajstić information content (AvgIpc) is 2.99. The van der Waals surface area contributed by atoms with Crippen LogP contribution in [0.2, 0.25) is 0 Å². The summed E-state index contributed by atoms with van der Waals surface area (Å²) in [6, 6.07) is 0. The summed E-state index contributed by atoms with van der Waals surface area (Å²) in [6.45, 7) is -0.391. The van der Waals surface area contributed by atoms with Gasteiger partial charge in [0.25, 0.3) is 0 Å². The van der Waals surface area contributed by atoms with Gasteiger partial charge in [0.05, 0.1) is 24.1 Å². The highest BCUT2D eigenvalue weighted by Crippen LogP contribution is 2.34. The highest BCUT2D eigenvalue weighted by Gasteiger charge is 2.44. The van der Waals surface area contributed by atoms with Crippen molar-refractivity contribution in [2.75, 3.05) is 6.61 Å². The molecule has 2 aromatic heterocycles. The van der Waals surface area contributed by atoms with Gasteiger partial charge in [0.15, 0.2) is 11.0 Å². The molecule has 1 aliphatic heterocycles. The summed E-state index contributed by atoms with van der Waals surface area (Å²) in [7, 11) is 1.73. The number of fused-ring (bicyclic) bond motifs is 1.